The third kappa shape index (κ3) is 6.03. The van der Waals surface area contributed by atoms with E-state index in [-0.39, 0.29) is 11.5 Å². The zero-order valence-electron chi connectivity index (χ0n) is 15.6. The summed E-state index contributed by atoms with van der Waals surface area (Å²) in [5.74, 6) is -2.54. The molecule has 0 fully saturated rings. The number of phenolic OH excluding ortho intramolecular Hbond substituents is 1. The Morgan fingerprint density at radius 1 is 1.03 bits per heavy atom. The molecule has 0 saturated carbocycles. The highest BCUT2D eigenvalue weighted by molar-refractivity contribution is 6.10. The van der Waals surface area contributed by atoms with Gasteiger partial charge in [0.15, 0.2) is 5.78 Å². The first-order valence-electron chi connectivity index (χ1n) is 8.66. The maximum atomic E-state index is 12.5. The molecular formula is C21H20N2O6. The van der Waals surface area contributed by atoms with Gasteiger partial charge in [0, 0.05) is 24.3 Å². The van der Waals surface area contributed by atoms with Crippen molar-refractivity contribution in [2.45, 2.75) is 19.8 Å². The van der Waals surface area contributed by atoms with E-state index in [4.69, 9.17) is 10.2 Å². The Labute approximate surface area is 166 Å². The number of fused-ring (bicyclic) bond motifs is 1. The number of aryl methyl sites for hydroxylation is 2. The van der Waals surface area contributed by atoms with Crippen LogP contribution < -0.4 is 0 Å². The van der Waals surface area contributed by atoms with Gasteiger partial charge in [0.05, 0.1) is 17.6 Å². The molecule has 0 radical (unpaired) electrons. The van der Waals surface area contributed by atoms with Crippen LogP contribution in [0.15, 0.2) is 54.9 Å². The lowest BCUT2D eigenvalue weighted by molar-refractivity contribution is -0.134. The van der Waals surface area contributed by atoms with Crippen molar-refractivity contribution in [1.29, 1.82) is 0 Å². The number of aromatic nitrogens is 2. The fourth-order valence-electron chi connectivity index (χ4n) is 2.69. The molecule has 0 amide bonds. The number of hydrogen-bond donors (Lipinski definition) is 4. The monoisotopic (exact) mass is 396 g/mol. The van der Waals surface area contributed by atoms with Crippen molar-refractivity contribution in [2.24, 2.45) is 0 Å². The minimum absolute atomic E-state index is 0.0393. The largest absolute Gasteiger partial charge is 0.507 e. The number of imidazole rings is 1. The molecular weight excluding hydrogens is 376 g/mol. The van der Waals surface area contributed by atoms with Crippen LogP contribution in [-0.4, -0.2) is 43.0 Å². The molecule has 8 heteroatoms. The van der Waals surface area contributed by atoms with E-state index < -0.39 is 11.9 Å². The number of nitrogens with zero attached hydrogens (tertiary/aromatic N) is 1. The maximum Gasteiger partial charge on any atom is 0.328 e. The number of aromatic hydroxyl groups is 1. The number of rotatable bonds is 6. The predicted molar refractivity (Wildman–Crippen MR) is 106 cm³/mol. The number of phenols is 1. The molecule has 0 saturated heterocycles. The van der Waals surface area contributed by atoms with Crippen molar-refractivity contribution < 1.29 is 29.7 Å². The third-order valence-corrected chi connectivity index (χ3v) is 4.08. The first kappa shape index (κ1) is 21.4. The van der Waals surface area contributed by atoms with Crippen molar-refractivity contribution in [3.8, 4) is 5.75 Å². The van der Waals surface area contributed by atoms with Crippen LogP contribution in [0.1, 0.15) is 28.2 Å². The topological polar surface area (TPSA) is 141 Å². The Bertz CT molecular complexity index is 1050. The molecule has 0 spiro atoms. The van der Waals surface area contributed by atoms with Crippen LogP contribution in [-0.2, 0) is 16.0 Å². The Hall–Kier alpha value is -3.94. The van der Waals surface area contributed by atoms with Gasteiger partial charge in [-0.05, 0) is 30.2 Å². The quantitative estimate of drug-likeness (QED) is 0.371. The molecule has 0 aliphatic rings. The molecule has 3 rings (SSSR count). The summed E-state index contributed by atoms with van der Waals surface area (Å²) in [6.45, 7) is 1.93. The van der Waals surface area contributed by atoms with Crippen molar-refractivity contribution in [3.63, 3.8) is 0 Å². The van der Waals surface area contributed by atoms with Crippen LogP contribution in [0.2, 0.25) is 0 Å². The normalized spacial score (nSPS) is 10.5. The number of ketones is 1. The van der Waals surface area contributed by atoms with E-state index in [1.165, 1.54) is 0 Å². The molecule has 1 aromatic heterocycles. The van der Waals surface area contributed by atoms with Crippen molar-refractivity contribution in [3.05, 3.63) is 71.8 Å². The summed E-state index contributed by atoms with van der Waals surface area (Å²) < 4.78 is 0. The molecule has 1 heterocycles. The number of benzene rings is 2. The smallest absolute Gasteiger partial charge is 0.328 e. The molecule has 0 unspecified atom stereocenters. The van der Waals surface area contributed by atoms with Gasteiger partial charge in [0.1, 0.15) is 5.75 Å². The molecule has 29 heavy (non-hydrogen) atoms. The van der Waals surface area contributed by atoms with Gasteiger partial charge in [-0.15, -0.1) is 0 Å². The van der Waals surface area contributed by atoms with E-state index in [2.05, 4.69) is 9.97 Å². The number of nitrogens with one attached hydrogen (secondary N) is 1. The second-order valence-corrected chi connectivity index (χ2v) is 6.09. The Morgan fingerprint density at radius 3 is 2.28 bits per heavy atom. The highest BCUT2D eigenvalue weighted by Crippen LogP contribution is 2.28. The summed E-state index contributed by atoms with van der Waals surface area (Å²) in [6.07, 6.45) is 3.64. The molecule has 2 aromatic carbocycles. The van der Waals surface area contributed by atoms with Gasteiger partial charge in [0.25, 0.3) is 0 Å². The van der Waals surface area contributed by atoms with E-state index in [1.54, 1.807) is 12.4 Å². The average molecular weight is 396 g/mol. The minimum Gasteiger partial charge on any atom is -0.507 e. The SMILES string of the molecule is Cc1[nH]cnc1CCC(=O)c1c(O)ccc2ccccc12.O=C(O)C=CC(=O)O. The van der Waals surface area contributed by atoms with Crippen LogP contribution in [0.4, 0.5) is 0 Å². The lowest BCUT2D eigenvalue weighted by atomic mass is 9.97. The second-order valence-electron chi connectivity index (χ2n) is 6.09. The Morgan fingerprint density at radius 2 is 1.69 bits per heavy atom. The zero-order valence-corrected chi connectivity index (χ0v) is 15.6. The van der Waals surface area contributed by atoms with Crippen LogP contribution in [0.5, 0.6) is 5.75 Å². The second kappa shape index (κ2) is 9.84. The highest BCUT2D eigenvalue weighted by atomic mass is 16.4. The average Bonchev–Trinajstić information content (AvgIpc) is 3.09. The third-order valence-electron chi connectivity index (χ3n) is 4.08. The van der Waals surface area contributed by atoms with Crippen LogP contribution in [0, 0.1) is 6.92 Å². The van der Waals surface area contributed by atoms with Crippen molar-refractivity contribution >= 4 is 28.5 Å². The fraction of sp³-hybridized carbons (Fsp3) is 0.143. The summed E-state index contributed by atoms with van der Waals surface area (Å²) >= 11 is 0. The molecule has 0 atom stereocenters. The Balaban J connectivity index is 0.000000321. The number of carboxylic acid groups (broad SMARTS) is 2. The standard InChI is InChI=1S/C17H16N2O2.C4H4O4/c1-11-14(19-10-18-11)7-9-16(21)17-13-5-3-2-4-12(13)6-8-15(17)20;5-3(6)1-2-4(7)8/h2-6,8,10,20H,7,9H2,1H3,(H,18,19);1-2H,(H,5,6)(H,7,8). The molecule has 0 bridgehead atoms. The summed E-state index contributed by atoms with van der Waals surface area (Å²) in [4.78, 5) is 38.8. The maximum absolute atomic E-state index is 12.5. The van der Waals surface area contributed by atoms with Crippen LogP contribution in [0.25, 0.3) is 10.8 Å². The van der Waals surface area contributed by atoms with E-state index in [1.807, 2.05) is 37.3 Å². The van der Waals surface area contributed by atoms with Crippen LogP contribution in [0.3, 0.4) is 0 Å². The zero-order chi connectivity index (χ0) is 21.4. The number of Topliss-reactive ketones (excluding diaryl/α,β-unsaturated/α-hetero) is 1. The summed E-state index contributed by atoms with van der Waals surface area (Å²) in [5, 5.41) is 27.4. The first-order chi connectivity index (χ1) is 13.8. The summed E-state index contributed by atoms with van der Waals surface area (Å²) in [5.41, 5.74) is 2.27. The number of hydrogen-bond acceptors (Lipinski definition) is 5. The van der Waals surface area contributed by atoms with Gasteiger partial charge in [-0.25, -0.2) is 14.6 Å². The predicted octanol–water partition coefficient (Wildman–Crippen LogP) is 3.10. The van der Waals surface area contributed by atoms with Crippen molar-refractivity contribution in [1.82, 2.24) is 9.97 Å². The molecule has 0 aliphatic heterocycles. The van der Waals surface area contributed by atoms with Crippen LogP contribution >= 0.6 is 0 Å². The van der Waals surface area contributed by atoms with Gasteiger partial charge in [-0.3, -0.25) is 4.79 Å². The molecule has 4 N–H and O–H groups in total. The Kier molecular flexibility index (Phi) is 7.25. The van der Waals surface area contributed by atoms with E-state index in [9.17, 15) is 19.5 Å². The summed E-state index contributed by atoms with van der Waals surface area (Å²) in [6, 6.07) is 11.0. The summed E-state index contributed by atoms with van der Waals surface area (Å²) in [7, 11) is 0. The first-order valence-corrected chi connectivity index (χ1v) is 8.66. The van der Waals surface area contributed by atoms with Gasteiger partial charge in [-0.1, -0.05) is 30.3 Å². The lowest BCUT2D eigenvalue weighted by Gasteiger charge is -2.08. The molecule has 150 valence electrons. The number of aliphatic carboxylic acids is 2. The van der Waals surface area contributed by atoms with Gasteiger partial charge in [-0.2, -0.15) is 0 Å². The molecule has 8 nitrogen and oxygen atoms in total. The molecule has 3 aromatic rings. The number of aromatic amines is 1. The molecule has 0 aliphatic carbocycles. The van der Waals surface area contributed by atoms with Crippen molar-refractivity contribution in [2.75, 3.05) is 0 Å². The number of H-pyrrole nitrogens is 1. The highest BCUT2D eigenvalue weighted by Gasteiger charge is 2.16. The fourth-order valence-corrected chi connectivity index (χ4v) is 2.69. The minimum atomic E-state index is -1.26. The number of carbonyl (C=O) groups is 3. The van der Waals surface area contributed by atoms with Gasteiger partial charge >= 0.3 is 11.9 Å². The van der Waals surface area contributed by atoms with E-state index >= 15 is 0 Å². The van der Waals surface area contributed by atoms with Gasteiger partial charge < -0.3 is 20.3 Å². The number of carbonyl (C=O) groups excluding carboxylic acids is 1. The van der Waals surface area contributed by atoms with E-state index in [0.717, 1.165) is 22.2 Å². The van der Waals surface area contributed by atoms with Gasteiger partial charge in [0.2, 0.25) is 0 Å². The van der Waals surface area contributed by atoms with E-state index in [0.29, 0.717) is 30.6 Å². The lowest BCUT2D eigenvalue weighted by Crippen LogP contribution is -2.03. The number of carboxylic acids is 2.